The van der Waals surface area contributed by atoms with Crippen LogP contribution in [0, 0.1) is 5.92 Å². The van der Waals surface area contributed by atoms with Crippen molar-refractivity contribution in [2.24, 2.45) is 11.0 Å². The fourth-order valence-electron chi connectivity index (χ4n) is 3.92. The van der Waals surface area contributed by atoms with Crippen molar-refractivity contribution in [3.05, 3.63) is 53.9 Å². The molecule has 0 atom stereocenters. The summed E-state index contributed by atoms with van der Waals surface area (Å²) >= 11 is 0. The lowest BCUT2D eigenvalue weighted by atomic mass is 10.1. The molecule has 0 bridgehead atoms. The zero-order valence-electron chi connectivity index (χ0n) is 16.8. The molecule has 1 aliphatic heterocycles. The first-order valence-electron chi connectivity index (χ1n) is 10.1. The topological polar surface area (TPSA) is 57.9 Å². The number of hydrogen-bond donors (Lipinski definition) is 0. The number of amides is 1. The molecule has 1 aromatic heterocycles. The Kier molecular flexibility index (Phi) is 5.34. The van der Waals surface area contributed by atoms with E-state index in [9.17, 15) is 9.59 Å². The van der Waals surface area contributed by atoms with Crippen molar-refractivity contribution in [3.8, 4) is 11.1 Å². The van der Waals surface area contributed by atoms with E-state index in [0.717, 1.165) is 67.8 Å². The van der Waals surface area contributed by atoms with Crippen LogP contribution < -0.4 is 0 Å². The molecule has 4 rings (SSSR count). The average molecular weight is 390 g/mol. The Morgan fingerprint density at radius 1 is 1.07 bits per heavy atom. The van der Waals surface area contributed by atoms with Gasteiger partial charge in [0.25, 0.3) is 0 Å². The molecule has 1 saturated heterocycles. The first-order chi connectivity index (χ1) is 14.1. The predicted octanol–water partition coefficient (Wildman–Crippen LogP) is 3.35. The summed E-state index contributed by atoms with van der Waals surface area (Å²) in [6.07, 6.45) is 6.99. The molecular weight excluding hydrogens is 364 g/mol. The maximum atomic E-state index is 12.3. The van der Waals surface area contributed by atoms with Crippen LogP contribution in [-0.4, -0.2) is 59.6 Å². The second kappa shape index (κ2) is 8.07. The van der Waals surface area contributed by atoms with Crippen LogP contribution in [0.2, 0.25) is 0 Å². The van der Waals surface area contributed by atoms with Gasteiger partial charge < -0.3 is 9.80 Å². The minimum absolute atomic E-state index is 0.276. The van der Waals surface area contributed by atoms with E-state index in [2.05, 4.69) is 28.9 Å². The molecule has 2 heterocycles. The quantitative estimate of drug-likeness (QED) is 0.561. The van der Waals surface area contributed by atoms with Crippen LogP contribution in [0.1, 0.15) is 35.8 Å². The fraction of sp³-hybridized carbons (Fsp3) is 0.348. The molecule has 1 aliphatic carbocycles. The number of allylic oxidation sites excluding steroid dienone is 1. The molecule has 6 heteroatoms. The number of piperazine rings is 1. The second-order valence-corrected chi connectivity index (χ2v) is 7.60. The lowest BCUT2D eigenvalue weighted by Crippen LogP contribution is -2.48. The minimum Gasteiger partial charge on any atom is -0.367 e. The summed E-state index contributed by atoms with van der Waals surface area (Å²) < 4.78 is 1.79. The third-order valence-electron chi connectivity index (χ3n) is 5.73. The van der Waals surface area contributed by atoms with Gasteiger partial charge in [-0.3, -0.25) is 9.59 Å². The van der Waals surface area contributed by atoms with Gasteiger partial charge in [0, 0.05) is 56.1 Å². The van der Waals surface area contributed by atoms with Crippen molar-refractivity contribution in [2.75, 3.05) is 26.2 Å². The van der Waals surface area contributed by atoms with Crippen molar-refractivity contribution in [3.63, 3.8) is 0 Å². The lowest BCUT2D eigenvalue weighted by molar-refractivity contribution is -0.133. The largest absolute Gasteiger partial charge is 0.367 e. The number of aldehydes is 1. The molecule has 1 amide bonds. The molecule has 150 valence electrons. The highest BCUT2D eigenvalue weighted by atomic mass is 16.2. The van der Waals surface area contributed by atoms with Gasteiger partial charge in [-0.15, -0.1) is 0 Å². The highest BCUT2D eigenvalue weighted by Gasteiger charge is 2.35. The summed E-state index contributed by atoms with van der Waals surface area (Å²) in [6, 6.07) is 9.60. The normalized spacial score (nSPS) is 17.3. The van der Waals surface area contributed by atoms with Crippen LogP contribution in [0.15, 0.2) is 47.7 Å². The van der Waals surface area contributed by atoms with Gasteiger partial charge in [-0.2, -0.15) is 5.10 Å². The summed E-state index contributed by atoms with van der Waals surface area (Å²) in [6.45, 7) is 8.88. The maximum absolute atomic E-state index is 12.3. The molecule has 0 spiro atoms. The summed E-state index contributed by atoms with van der Waals surface area (Å²) in [4.78, 5) is 27.5. The van der Waals surface area contributed by atoms with Crippen molar-refractivity contribution < 1.29 is 9.59 Å². The average Bonchev–Trinajstić information content (AvgIpc) is 3.54. The van der Waals surface area contributed by atoms with Gasteiger partial charge in [-0.05, 0) is 31.4 Å². The monoisotopic (exact) mass is 390 g/mol. The summed E-state index contributed by atoms with van der Waals surface area (Å²) in [5.74, 6) is 0.599. The third-order valence-corrected chi connectivity index (χ3v) is 5.73. The van der Waals surface area contributed by atoms with Crippen LogP contribution >= 0.6 is 0 Å². The standard InChI is InChI=1S/C23H26N4O2/c1-3-21(25-10-12-26(13-11-25)23(29)19-8-9-19)22-14-20(15-27(22)24-2)18-6-4-17(16-28)5-7-18/h3-7,14-16,19H,2,8-13H2,1H3/b21-3+. The molecule has 29 heavy (non-hydrogen) atoms. The van der Waals surface area contributed by atoms with Crippen molar-refractivity contribution >= 4 is 24.6 Å². The van der Waals surface area contributed by atoms with E-state index in [1.54, 1.807) is 4.68 Å². The Morgan fingerprint density at radius 3 is 2.28 bits per heavy atom. The number of nitrogens with zero attached hydrogens (tertiary/aromatic N) is 4. The van der Waals surface area contributed by atoms with Crippen molar-refractivity contribution in [2.45, 2.75) is 19.8 Å². The first-order valence-corrected chi connectivity index (χ1v) is 10.1. The Hall–Kier alpha value is -3.15. The Labute approximate surface area is 171 Å². The number of aromatic nitrogens is 1. The van der Waals surface area contributed by atoms with Gasteiger partial charge in [0.05, 0.1) is 11.4 Å². The molecule has 2 aliphatic rings. The van der Waals surface area contributed by atoms with Gasteiger partial charge in [0.15, 0.2) is 0 Å². The van der Waals surface area contributed by atoms with Gasteiger partial charge in [-0.1, -0.05) is 30.3 Å². The molecule has 0 N–H and O–H groups in total. The lowest BCUT2D eigenvalue weighted by Gasteiger charge is -2.37. The summed E-state index contributed by atoms with van der Waals surface area (Å²) in [5, 5.41) is 4.17. The van der Waals surface area contributed by atoms with Gasteiger partial charge >= 0.3 is 0 Å². The van der Waals surface area contributed by atoms with E-state index in [4.69, 9.17) is 0 Å². The number of rotatable bonds is 6. The molecule has 6 nitrogen and oxygen atoms in total. The molecule has 1 saturated carbocycles. The van der Waals surface area contributed by atoms with Gasteiger partial charge in [-0.25, -0.2) is 4.68 Å². The Morgan fingerprint density at radius 2 is 1.72 bits per heavy atom. The van der Waals surface area contributed by atoms with Gasteiger partial charge in [0.2, 0.25) is 5.91 Å². The van der Waals surface area contributed by atoms with Gasteiger partial charge in [0.1, 0.15) is 6.29 Å². The number of carbonyl (C=O) groups is 2. The predicted molar refractivity (Wildman–Crippen MR) is 115 cm³/mol. The van der Waals surface area contributed by atoms with E-state index < -0.39 is 0 Å². The minimum atomic E-state index is 0.276. The zero-order chi connectivity index (χ0) is 20.4. The number of benzene rings is 1. The van der Waals surface area contributed by atoms with Crippen molar-refractivity contribution in [1.82, 2.24) is 14.5 Å². The zero-order valence-corrected chi connectivity index (χ0v) is 16.8. The molecule has 1 aromatic carbocycles. The second-order valence-electron chi connectivity index (χ2n) is 7.60. The highest BCUT2D eigenvalue weighted by molar-refractivity contribution is 5.81. The number of hydrogen-bond acceptors (Lipinski definition) is 4. The molecule has 0 radical (unpaired) electrons. The molecule has 2 fully saturated rings. The maximum Gasteiger partial charge on any atom is 0.225 e. The van der Waals surface area contributed by atoms with E-state index in [1.165, 1.54) is 0 Å². The summed E-state index contributed by atoms with van der Waals surface area (Å²) in [7, 11) is 0. The van der Waals surface area contributed by atoms with E-state index in [-0.39, 0.29) is 5.92 Å². The van der Waals surface area contributed by atoms with Crippen LogP contribution in [0.4, 0.5) is 0 Å². The Balaban J connectivity index is 1.54. The first kappa shape index (κ1) is 19.2. The molecule has 0 unspecified atom stereocenters. The number of carbonyl (C=O) groups excluding carboxylic acids is 2. The SMILES string of the molecule is C=Nn1cc(-c2ccc(C=O)cc2)cc1/C(=C\C)N1CCN(C(=O)C2CC2)CC1. The Bertz CT molecular complexity index is 946. The van der Waals surface area contributed by atoms with E-state index in [1.807, 2.05) is 42.3 Å². The highest BCUT2D eigenvalue weighted by Crippen LogP contribution is 2.32. The van der Waals surface area contributed by atoms with Crippen LogP contribution in [0.3, 0.4) is 0 Å². The van der Waals surface area contributed by atoms with E-state index in [0.29, 0.717) is 11.5 Å². The fourth-order valence-corrected chi connectivity index (χ4v) is 3.92. The van der Waals surface area contributed by atoms with Crippen LogP contribution in [0.5, 0.6) is 0 Å². The summed E-state index contributed by atoms with van der Waals surface area (Å²) in [5.41, 5.74) is 4.76. The van der Waals surface area contributed by atoms with Crippen LogP contribution in [0.25, 0.3) is 16.8 Å². The smallest absolute Gasteiger partial charge is 0.225 e. The van der Waals surface area contributed by atoms with Crippen molar-refractivity contribution in [1.29, 1.82) is 0 Å². The van der Waals surface area contributed by atoms with E-state index >= 15 is 0 Å². The van der Waals surface area contributed by atoms with Crippen LogP contribution in [-0.2, 0) is 4.79 Å². The molecule has 2 aromatic rings. The third kappa shape index (κ3) is 3.88. The molecular formula is C23H26N4O2.